The highest BCUT2D eigenvalue weighted by Gasteiger charge is 2.44. The molecule has 0 unspecified atom stereocenters. The molecule has 0 bridgehead atoms. The van der Waals surface area contributed by atoms with E-state index >= 15 is 0 Å². The maximum atomic E-state index is 6.49. The van der Waals surface area contributed by atoms with Crippen molar-refractivity contribution in [2.24, 2.45) is 5.73 Å². The van der Waals surface area contributed by atoms with Crippen molar-refractivity contribution >= 4 is 12.4 Å². The Hall–Kier alpha value is -1.39. The summed E-state index contributed by atoms with van der Waals surface area (Å²) >= 11 is 0. The second kappa shape index (κ2) is 6.25. The molecule has 124 valence electrons. The Kier molecular flexibility index (Phi) is 4.47. The second-order valence-corrected chi connectivity index (χ2v) is 6.94. The fourth-order valence-electron chi connectivity index (χ4n) is 4.21. The number of nitrogens with two attached hydrogens (primary N) is 1. The van der Waals surface area contributed by atoms with Gasteiger partial charge in [-0.25, -0.2) is 0 Å². The predicted octanol–water partition coefficient (Wildman–Crippen LogP) is 4.08. The lowest BCUT2D eigenvalue weighted by Crippen LogP contribution is -2.34. The van der Waals surface area contributed by atoms with Crippen molar-refractivity contribution in [3.05, 3.63) is 47.6 Å². The van der Waals surface area contributed by atoms with Gasteiger partial charge in [0.05, 0.1) is 11.0 Å². The van der Waals surface area contributed by atoms with Crippen LogP contribution in [-0.4, -0.2) is 10.1 Å². The third-order valence-corrected chi connectivity index (χ3v) is 5.56. The van der Waals surface area contributed by atoms with Crippen molar-refractivity contribution in [3.8, 4) is 0 Å². The molecule has 5 heteroatoms. The van der Waals surface area contributed by atoms with Gasteiger partial charge in [0, 0.05) is 0 Å². The van der Waals surface area contributed by atoms with Crippen LogP contribution in [0.1, 0.15) is 68.6 Å². The van der Waals surface area contributed by atoms with Crippen LogP contribution in [0, 0.1) is 0 Å². The first-order chi connectivity index (χ1) is 10.7. The smallest absolute Gasteiger partial charge is 0.237 e. The molecular weight excluding hydrogens is 310 g/mol. The van der Waals surface area contributed by atoms with Crippen molar-refractivity contribution < 1.29 is 4.52 Å². The van der Waals surface area contributed by atoms with Crippen LogP contribution in [0.4, 0.5) is 0 Å². The molecule has 2 saturated carbocycles. The normalized spacial score (nSPS) is 22.0. The van der Waals surface area contributed by atoms with Crippen LogP contribution in [0.25, 0.3) is 0 Å². The largest absolute Gasteiger partial charge is 0.338 e. The van der Waals surface area contributed by atoms with E-state index in [0.717, 1.165) is 44.4 Å². The van der Waals surface area contributed by atoms with E-state index in [1.165, 1.54) is 18.4 Å². The van der Waals surface area contributed by atoms with E-state index in [9.17, 15) is 0 Å². The molecule has 0 atom stereocenters. The van der Waals surface area contributed by atoms with Gasteiger partial charge in [-0.2, -0.15) is 4.98 Å². The number of benzene rings is 1. The SMILES string of the molecule is Cl.NC1(c2noc(C3(c4ccccc4)CCCC3)n2)CCCC1. The molecule has 0 aliphatic heterocycles. The van der Waals surface area contributed by atoms with Crippen LogP contribution in [0.15, 0.2) is 34.9 Å². The van der Waals surface area contributed by atoms with Gasteiger partial charge in [0.25, 0.3) is 0 Å². The van der Waals surface area contributed by atoms with Gasteiger partial charge in [-0.05, 0) is 31.2 Å². The molecule has 1 heterocycles. The van der Waals surface area contributed by atoms with Gasteiger partial charge in [0.1, 0.15) is 0 Å². The highest BCUT2D eigenvalue weighted by molar-refractivity contribution is 5.85. The molecule has 0 radical (unpaired) electrons. The number of hydrogen-bond donors (Lipinski definition) is 1. The summed E-state index contributed by atoms with van der Waals surface area (Å²) in [5, 5.41) is 4.27. The van der Waals surface area contributed by atoms with Gasteiger partial charge in [-0.15, -0.1) is 12.4 Å². The summed E-state index contributed by atoms with van der Waals surface area (Å²) < 4.78 is 5.74. The van der Waals surface area contributed by atoms with Crippen molar-refractivity contribution in [1.82, 2.24) is 10.1 Å². The number of nitrogens with zero attached hydrogens (tertiary/aromatic N) is 2. The van der Waals surface area contributed by atoms with Crippen LogP contribution < -0.4 is 5.73 Å². The molecule has 0 saturated heterocycles. The summed E-state index contributed by atoms with van der Waals surface area (Å²) in [4.78, 5) is 4.79. The van der Waals surface area contributed by atoms with Crippen molar-refractivity contribution in [3.63, 3.8) is 0 Å². The van der Waals surface area contributed by atoms with E-state index in [2.05, 4.69) is 35.5 Å². The highest BCUT2D eigenvalue weighted by Crippen LogP contribution is 2.46. The average Bonchev–Trinajstić information content (AvgIpc) is 3.29. The molecule has 0 amide bonds. The highest BCUT2D eigenvalue weighted by atomic mass is 35.5. The lowest BCUT2D eigenvalue weighted by atomic mass is 9.78. The third-order valence-electron chi connectivity index (χ3n) is 5.56. The molecule has 2 N–H and O–H groups in total. The van der Waals surface area contributed by atoms with Gasteiger partial charge < -0.3 is 10.3 Å². The van der Waals surface area contributed by atoms with Crippen molar-refractivity contribution in [2.45, 2.75) is 62.3 Å². The Bertz CT molecular complexity index is 643. The maximum absolute atomic E-state index is 6.49. The van der Waals surface area contributed by atoms with Gasteiger partial charge in [0.2, 0.25) is 5.89 Å². The molecule has 2 fully saturated rings. The first kappa shape index (κ1) is 16.5. The molecule has 2 aliphatic rings. The summed E-state index contributed by atoms with van der Waals surface area (Å²) in [7, 11) is 0. The molecular formula is C18H24ClN3O. The molecule has 1 aromatic heterocycles. The third kappa shape index (κ3) is 2.68. The van der Waals surface area contributed by atoms with E-state index in [1.54, 1.807) is 0 Å². The molecule has 1 aromatic carbocycles. The number of aromatic nitrogens is 2. The topological polar surface area (TPSA) is 64.9 Å². The molecule has 4 nitrogen and oxygen atoms in total. The number of rotatable bonds is 3. The Balaban J connectivity index is 0.00000156. The average molecular weight is 334 g/mol. The summed E-state index contributed by atoms with van der Waals surface area (Å²) in [5.74, 6) is 1.48. The van der Waals surface area contributed by atoms with Crippen LogP contribution >= 0.6 is 12.4 Å². The lowest BCUT2D eigenvalue weighted by molar-refractivity contribution is 0.302. The Labute approximate surface area is 143 Å². The number of hydrogen-bond acceptors (Lipinski definition) is 4. The van der Waals surface area contributed by atoms with Gasteiger partial charge in [-0.1, -0.05) is 61.2 Å². The molecule has 2 aromatic rings. The van der Waals surface area contributed by atoms with Gasteiger partial charge in [-0.3, -0.25) is 0 Å². The van der Waals surface area contributed by atoms with E-state index in [4.69, 9.17) is 15.2 Å². The summed E-state index contributed by atoms with van der Waals surface area (Å²) in [6.07, 6.45) is 8.82. The van der Waals surface area contributed by atoms with Crippen LogP contribution in [0.2, 0.25) is 0 Å². The van der Waals surface area contributed by atoms with E-state index in [1.807, 2.05) is 0 Å². The fourth-order valence-corrected chi connectivity index (χ4v) is 4.21. The zero-order valence-electron chi connectivity index (χ0n) is 13.3. The van der Waals surface area contributed by atoms with Gasteiger partial charge in [0.15, 0.2) is 5.82 Å². The zero-order valence-corrected chi connectivity index (χ0v) is 14.1. The first-order valence-corrected chi connectivity index (χ1v) is 8.42. The monoisotopic (exact) mass is 333 g/mol. The summed E-state index contributed by atoms with van der Waals surface area (Å²) in [6, 6.07) is 10.6. The Morgan fingerprint density at radius 3 is 2.17 bits per heavy atom. The standard InChI is InChI=1S/C18H23N3O.ClH/c19-18(12-6-7-13-18)15-20-16(22-21-15)17(10-4-5-11-17)14-8-2-1-3-9-14;/h1-3,8-9H,4-7,10-13,19H2;1H. The van der Waals surface area contributed by atoms with E-state index < -0.39 is 0 Å². The first-order valence-electron chi connectivity index (χ1n) is 8.42. The minimum Gasteiger partial charge on any atom is -0.338 e. The van der Waals surface area contributed by atoms with Crippen molar-refractivity contribution in [2.75, 3.05) is 0 Å². The molecule has 0 spiro atoms. The zero-order chi connectivity index (χ0) is 15.0. The Morgan fingerprint density at radius 2 is 1.52 bits per heavy atom. The number of halogens is 1. The molecule has 2 aliphatic carbocycles. The summed E-state index contributed by atoms with van der Waals surface area (Å²) in [5.41, 5.74) is 7.29. The van der Waals surface area contributed by atoms with E-state index in [-0.39, 0.29) is 23.4 Å². The minimum atomic E-state index is -0.377. The van der Waals surface area contributed by atoms with Gasteiger partial charge >= 0.3 is 0 Å². The lowest BCUT2D eigenvalue weighted by Gasteiger charge is -2.25. The van der Waals surface area contributed by atoms with Crippen LogP contribution in [-0.2, 0) is 11.0 Å². The maximum Gasteiger partial charge on any atom is 0.237 e. The molecule has 4 rings (SSSR count). The minimum absolute atomic E-state index is 0. The fraction of sp³-hybridized carbons (Fsp3) is 0.556. The predicted molar refractivity (Wildman–Crippen MR) is 91.6 cm³/mol. The Morgan fingerprint density at radius 1 is 0.913 bits per heavy atom. The summed E-state index contributed by atoms with van der Waals surface area (Å²) in [6.45, 7) is 0. The molecule has 23 heavy (non-hydrogen) atoms. The quantitative estimate of drug-likeness (QED) is 0.919. The second-order valence-electron chi connectivity index (χ2n) is 6.94. The van der Waals surface area contributed by atoms with Crippen molar-refractivity contribution in [1.29, 1.82) is 0 Å². The van der Waals surface area contributed by atoms with E-state index in [0.29, 0.717) is 5.82 Å². The van der Waals surface area contributed by atoms with Crippen LogP contribution in [0.3, 0.4) is 0 Å². The van der Waals surface area contributed by atoms with Crippen LogP contribution in [0.5, 0.6) is 0 Å².